The summed E-state index contributed by atoms with van der Waals surface area (Å²) in [5.41, 5.74) is 4.48. The van der Waals surface area contributed by atoms with Crippen LogP contribution in [0.2, 0.25) is 0 Å². The second-order valence-corrected chi connectivity index (χ2v) is 9.08. The summed E-state index contributed by atoms with van der Waals surface area (Å²) in [7, 11) is 3.33. The first kappa shape index (κ1) is 25.3. The fraction of sp³-hybridized carbons (Fsp3) is 0.276. The number of carbonyl (C=O) groups is 1. The summed E-state index contributed by atoms with van der Waals surface area (Å²) in [6, 6.07) is 20.6. The van der Waals surface area contributed by atoms with Gasteiger partial charge < -0.3 is 19.5 Å². The number of nitrogens with zero attached hydrogens (tertiary/aromatic N) is 4. The molecule has 0 saturated carbocycles. The second kappa shape index (κ2) is 11.8. The molecule has 0 atom stereocenters. The van der Waals surface area contributed by atoms with E-state index in [2.05, 4.69) is 32.7 Å². The Kier molecular flexibility index (Phi) is 7.84. The van der Waals surface area contributed by atoms with Gasteiger partial charge in [0.15, 0.2) is 11.5 Å². The third-order valence-corrected chi connectivity index (χ3v) is 6.58. The van der Waals surface area contributed by atoms with E-state index in [1.165, 1.54) is 11.1 Å². The van der Waals surface area contributed by atoms with Crippen molar-refractivity contribution in [3.8, 4) is 17.2 Å². The lowest BCUT2D eigenvalue weighted by atomic mass is 9.99. The molecule has 1 aromatic heterocycles. The molecule has 0 fully saturated rings. The Balaban J connectivity index is 1.14. The second-order valence-electron chi connectivity index (χ2n) is 9.08. The predicted molar refractivity (Wildman–Crippen MR) is 144 cm³/mol. The van der Waals surface area contributed by atoms with E-state index in [1.807, 2.05) is 53.3 Å². The maximum Gasteiger partial charge on any atom is 0.255 e. The van der Waals surface area contributed by atoms with Crippen molar-refractivity contribution in [2.24, 2.45) is 0 Å². The van der Waals surface area contributed by atoms with Gasteiger partial charge >= 0.3 is 0 Å². The number of methoxy groups -OCH3 is 2. The van der Waals surface area contributed by atoms with E-state index in [-0.39, 0.29) is 12.5 Å². The highest BCUT2D eigenvalue weighted by molar-refractivity contribution is 6.04. The van der Waals surface area contributed by atoms with Gasteiger partial charge in [-0.1, -0.05) is 35.5 Å². The summed E-state index contributed by atoms with van der Waals surface area (Å²) in [6.45, 7) is 3.65. The van der Waals surface area contributed by atoms with Crippen molar-refractivity contribution in [1.82, 2.24) is 19.9 Å². The van der Waals surface area contributed by atoms with Crippen molar-refractivity contribution in [1.29, 1.82) is 0 Å². The number of amides is 1. The Bertz CT molecular complexity index is 1390. The Morgan fingerprint density at radius 1 is 0.921 bits per heavy atom. The Hall–Kier alpha value is -4.37. The molecule has 3 aromatic carbocycles. The van der Waals surface area contributed by atoms with Crippen LogP contribution in [0.3, 0.4) is 0 Å². The fourth-order valence-electron chi connectivity index (χ4n) is 4.52. The third-order valence-electron chi connectivity index (χ3n) is 6.58. The van der Waals surface area contributed by atoms with Crippen LogP contribution in [0.25, 0.3) is 0 Å². The average Bonchev–Trinajstić information content (AvgIpc) is 3.43. The lowest BCUT2D eigenvalue weighted by Crippen LogP contribution is -2.33. The highest BCUT2D eigenvalue weighted by atomic mass is 16.5. The molecule has 9 nitrogen and oxygen atoms in total. The van der Waals surface area contributed by atoms with Gasteiger partial charge in [0.1, 0.15) is 18.1 Å². The number of para-hydroxylation sites is 2. The van der Waals surface area contributed by atoms with Crippen LogP contribution in [0.5, 0.6) is 17.2 Å². The van der Waals surface area contributed by atoms with Gasteiger partial charge in [0.2, 0.25) is 0 Å². The number of ether oxygens (including phenoxy) is 3. The normalized spacial score (nSPS) is 13.0. The Morgan fingerprint density at radius 3 is 2.45 bits per heavy atom. The van der Waals surface area contributed by atoms with Crippen LogP contribution in [0.1, 0.15) is 27.2 Å². The number of aromatic nitrogens is 3. The lowest BCUT2D eigenvalue weighted by Gasteiger charge is -2.29. The molecule has 0 aliphatic carbocycles. The molecule has 0 unspecified atom stereocenters. The van der Waals surface area contributed by atoms with Crippen LogP contribution in [0, 0.1) is 0 Å². The van der Waals surface area contributed by atoms with E-state index in [0.29, 0.717) is 17.0 Å². The number of nitrogens with one attached hydrogen (secondary N) is 1. The van der Waals surface area contributed by atoms with Gasteiger partial charge in [-0.2, -0.15) is 0 Å². The minimum Gasteiger partial charge on any atom is -0.493 e. The van der Waals surface area contributed by atoms with Gasteiger partial charge in [-0.3, -0.25) is 14.4 Å². The van der Waals surface area contributed by atoms with Crippen molar-refractivity contribution in [2.45, 2.75) is 26.1 Å². The molecule has 0 bridgehead atoms. The molecule has 0 spiro atoms. The Labute approximate surface area is 221 Å². The van der Waals surface area contributed by atoms with E-state index in [9.17, 15) is 4.79 Å². The summed E-state index contributed by atoms with van der Waals surface area (Å²) in [4.78, 5) is 15.0. The van der Waals surface area contributed by atoms with E-state index in [4.69, 9.17) is 14.2 Å². The highest BCUT2D eigenvalue weighted by Gasteiger charge is 2.19. The summed E-state index contributed by atoms with van der Waals surface area (Å²) >= 11 is 0. The molecular weight excluding hydrogens is 482 g/mol. The van der Waals surface area contributed by atoms with Crippen molar-refractivity contribution in [2.75, 3.05) is 32.6 Å². The molecule has 0 radical (unpaired) electrons. The molecule has 196 valence electrons. The van der Waals surface area contributed by atoms with Crippen molar-refractivity contribution >= 4 is 11.6 Å². The van der Waals surface area contributed by atoms with Crippen LogP contribution >= 0.6 is 0 Å². The van der Waals surface area contributed by atoms with Gasteiger partial charge in [0, 0.05) is 25.2 Å². The molecule has 9 heteroatoms. The summed E-state index contributed by atoms with van der Waals surface area (Å²) in [5, 5.41) is 11.5. The Morgan fingerprint density at radius 2 is 1.66 bits per heavy atom. The minimum atomic E-state index is -0.189. The standard InChI is InChI=1S/C29H31N5O4/c1-36-27-16-22-12-13-33(18-23(22)17-28(27)37-2)14-15-34-19-24(31-32-34)20-38-26-11-7-6-10-25(26)30-29(35)21-8-4-3-5-9-21/h3-11,16-17,19H,12-15,18,20H2,1-2H3,(H,30,35). The first-order valence-electron chi connectivity index (χ1n) is 12.6. The number of carbonyl (C=O) groups excluding carboxylic acids is 1. The van der Waals surface area contributed by atoms with Gasteiger partial charge in [-0.15, -0.1) is 5.10 Å². The molecule has 4 aromatic rings. The largest absolute Gasteiger partial charge is 0.493 e. The zero-order valence-electron chi connectivity index (χ0n) is 21.6. The van der Waals surface area contributed by atoms with Crippen molar-refractivity contribution in [3.63, 3.8) is 0 Å². The summed E-state index contributed by atoms with van der Waals surface area (Å²) in [5.74, 6) is 1.92. The molecule has 2 heterocycles. The molecule has 38 heavy (non-hydrogen) atoms. The number of rotatable bonds is 10. The van der Waals surface area contributed by atoms with E-state index < -0.39 is 0 Å². The van der Waals surface area contributed by atoms with Crippen molar-refractivity contribution < 1.29 is 19.0 Å². The van der Waals surface area contributed by atoms with E-state index >= 15 is 0 Å². The summed E-state index contributed by atoms with van der Waals surface area (Å²) in [6.07, 6.45) is 2.86. The number of anilines is 1. The van der Waals surface area contributed by atoms with Gasteiger partial charge in [-0.25, -0.2) is 0 Å². The zero-order valence-corrected chi connectivity index (χ0v) is 21.6. The SMILES string of the molecule is COc1cc2c(cc1OC)CN(CCn1cc(COc3ccccc3NC(=O)c3ccccc3)nn1)CC2. The fourth-order valence-corrected chi connectivity index (χ4v) is 4.52. The number of hydrogen-bond acceptors (Lipinski definition) is 7. The van der Waals surface area contributed by atoms with E-state index in [0.717, 1.165) is 49.8 Å². The first-order chi connectivity index (χ1) is 18.6. The van der Waals surface area contributed by atoms with Crippen LogP contribution in [-0.2, 0) is 26.1 Å². The third kappa shape index (κ3) is 5.95. The van der Waals surface area contributed by atoms with Crippen LogP contribution in [0.4, 0.5) is 5.69 Å². The number of hydrogen-bond donors (Lipinski definition) is 1. The first-order valence-corrected chi connectivity index (χ1v) is 12.6. The maximum absolute atomic E-state index is 12.6. The highest BCUT2D eigenvalue weighted by Crippen LogP contribution is 2.33. The molecule has 1 amide bonds. The number of fused-ring (bicyclic) bond motifs is 1. The van der Waals surface area contributed by atoms with E-state index in [1.54, 1.807) is 26.4 Å². The zero-order chi connectivity index (χ0) is 26.3. The molecule has 5 rings (SSSR count). The monoisotopic (exact) mass is 513 g/mol. The van der Waals surface area contributed by atoms with Gasteiger partial charge in [0.25, 0.3) is 5.91 Å². The summed E-state index contributed by atoms with van der Waals surface area (Å²) < 4.78 is 18.7. The molecule has 1 aliphatic rings. The average molecular weight is 514 g/mol. The van der Waals surface area contributed by atoms with Crippen LogP contribution in [-0.4, -0.2) is 53.1 Å². The topological polar surface area (TPSA) is 90.7 Å². The molecule has 0 saturated heterocycles. The molecule has 1 aliphatic heterocycles. The lowest BCUT2D eigenvalue weighted by molar-refractivity contribution is 0.102. The number of benzene rings is 3. The molecular formula is C29H31N5O4. The quantitative estimate of drug-likeness (QED) is 0.340. The predicted octanol–water partition coefficient (Wildman–Crippen LogP) is 4.18. The van der Waals surface area contributed by atoms with Gasteiger partial charge in [0.05, 0.1) is 32.6 Å². The molecule has 1 N–H and O–H groups in total. The maximum atomic E-state index is 12.6. The minimum absolute atomic E-state index is 0.189. The smallest absolute Gasteiger partial charge is 0.255 e. The van der Waals surface area contributed by atoms with Crippen molar-refractivity contribution in [3.05, 3.63) is 95.3 Å². The van der Waals surface area contributed by atoms with Crippen LogP contribution in [0.15, 0.2) is 72.9 Å². The van der Waals surface area contributed by atoms with Crippen LogP contribution < -0.4 is 19.5 Å². The van der Waals surface area contributed by atoms with Gasteiger partial charge in [-0.05, 0) is 53.9 Å².